The van der Waals surface area contributed by atoms with E-state index in [1.807, 2.05) is 40.9 Å². The van der Waals surface area contributed by atoms with Gasteiger partial charge in [0, 0.05) is 26.2 Å². The Morgan fingerprint density at radius 3 is 2.62 bits per heavy atom. The fraction of sp³-hybridized carbons (Fsp3) is 0.409. The second-order valence-corrected chi connectivity index (χ2v) is 7.43. The molecule has 2 aromatic heterocycles. The van der Waals surface area contributed by atoms with Crippen LogP contribution in [0, 0.1) is 5.92 Å². The van der Waals surface area contributed by atoms with E-state index >= 15 is 0 Å². The van der Waals surface area contributed by atoms with Crippen LogP contribution in [0.3, 0.4) is 0 Å². The van der Waals surface area contributed by atoms with Crippen molar-refractivity contribution in [2.45, 2.75) is 33.2 Å². The lowest BCUT2D eigenvalue weighted by Gasteiger charge is -2.18. The van der Waals surface area contributed by atoms with Crippen molar-refractivity contribution in [3.63, 3.8) is 0 Å². The van der Waals surface area contributed by atoms with Gasteiger partial charge in [-0.25, -0.2) is 0 Å². The number of fused-ring (bicyclic) bond motifs is 1. The summed E-state index contributed by atoms with van der Waals surface area (Å²) in [4.78, 5) is 4.33. The SMILES string of the molecule is CN=C(NCCc1nnc2ccccn12)NC(C)c1ccc(OCC(C)C)cc1. The summed E-state index contributed by atoms with van der Waals surface area (Å²) in [7, 11) is 1.78. The van der Waals surface area contributed by atoms with Gasteiger partial charge in [-0.2, -0.15) is 0 Å². The normalized spacial score (nSPS) is 12.9. The minimum absolute atomic E-state index is 0.120. The Morgan fingerprint density at radius 1 is 1.10 bits per heavy atom. The number of benzene rings is 1. The molecule has 0 saturated carbocycles. The van der Waals surface area contributed by atoms with Crippen LogP contribution in [0.25, 0.3) is 5.65 Å². The molecule has 0 spiro atoms. The summed E-state index contributed by atoms with van der Waals surface area (Å²) in [6, 6.07) is 14.2. The summed E-state index contributed by atoms with van der Waals surface area (Å²) in [5.41, 5.74) is 2.03. The molecule has 7 heteroatoms. The van der Waals surface area contributed by atoms with Gasteiger partial charge in [0.15, 0.2) is 11.6 Å². The smallest absolute Gasteiger partial charge is 0.191 e. The third kappa shape index (κ3) is 5.70. The van der Waals surface area contributed by atoms with Gasteiger partial charge in [-0.1, -0.05) is 32.0 Å². The summed E-state index contributed by atoms with van der Waals surface area (Å²) < 4.78 is 7.76. The minimum Gasteiger partial charge on any atom is -0.493 e. The molecule has 2 heterocycles. The van der Waals surface area contributed by atoms with Crippen LogP contribution in [0.15, 0.2) is 53.7 Å². The fourth-order valence-corrected chi connectivity index (χ4v) is 2.95. The number of hydrogen-bond acceptors (Lipinski definition) is 4. The first-order valence-corrected chi connectivity index (χ1v) is 10.1. The van der Waals surface area contributed by atoms with E-state index in [0.717, 1.165) is 36.2 Å². The van der Waals surface area contributed by atoms with Crippen LogP contribution in [0.1, 0.15) is 38.2 Å². The second-order valence-electron chi connectivity index (χ2n) is 7.43. The number of hydrogen-bond donors (Lipinski definition) is 2. The number of rotatable bonds is 8. The van der Waals surface area contributed by atoms with Crippen LogP contribution in [-0.4, -0.2) is 40.8 Å². The summed E-state index contributed by atoms with van der Waals surface area (Å²) >= 11 is 0. The van der Waals surface area contributed by atoms with Crippen molar-refractivity contribution in [3.05, 3.63) is 60.0 Å². The number of aliphatic imine (C=N–C) groups is 1. The van der Waals surface area contributed by atoms with Gasteiger partial charge < -0.3 is 15.4 Å². The highest BCUT2D eigenvalue weighted by atomic mass is 16.5. The Hall–Kier alpha value is -3.09. The fourth-order valence-electron chi connectivity index (χ4n) is 2.95. The molecular formula is C22H30N6O. The molecule has 0 aliphatic heterocycles. The lowest BCUT2D eigenvalue weighted by Crippen LogP contribution is -2.39. The van der Waals surface area contributed by atoms with E-state index < -0.39 is 0 Å². The maximum absolute atomic E-state index is 5.75. The van der Waals surface area contributed by atoms with Crippen molar-refractivity contribution in [2.75, 3.05) is 20.2 Å². The molecule has 2 N–H and O–H groups in total. The van der Waals surface area contributed by atoms with Crippen molar-refractivity contribution in [2.24, 2.45) is 10.9 Å². The van der Waals surface area contributed by atoms with Crippen molar-refractivity contribution in [1.82, 2.24) is 25.2 Å². The summed E-state index contributed by atoms with van der Waals surface area (Å²) in [5.74, 6) is 3.10. The third-order valence-corrected chi connectivity index (χ3v) is 4.57. The molecule has 1 atom stereocenters. The molecule has 29 heavy (non-hydrogen) atoms. The topological polar surface area (TPSA) is 75.8 Å². The van der Waals surface area contributed by atoms with Crippen LogP contribution in [0.2, 0.25) is 0 Å². The van der Waals surface area contributed by atoms with Crippen LogP contribution in [-0.2, 0) is 6.42 Å². The molecule has 0 aliphatic carbocycles. The summed E-state index contributed by atoms with van der Waals surface area (Å²) in [5, 5.41) is 15.2. The third-order valence-electron chi connectivity index (χ3n) is 4.57. The molecule has 3 aromatic rings. The zero-order valence-corrected chi connectivity index (χ0v) is 17.6. The summed E-state index contributed by atoms with van der Waals surface area (Å²) in [6.45, 7) is 7.84. The van der Waals surface area contributed by atoms with E-state index in [1.165, 1.54) is 5.56 Å². The first kappa shape index (κ1) is 20.6. The maximum atomic E-state index is 5.75. The Balaban J connectivity index is 1.50. The molecular weight excluding hydrogens is 364 g/mol. The largest absolute Gasteiger partial charge is 0.493 e. The highest BCUT2D eigenvalue weighted by Gasteiger charge is 2.09. The average molecular weight is 395 g/mol. The molecule has 0 bridgehead atoms. The molecule has 0 saturated heterocycles. The van der Waals surface area contributed by atoms with Crippen LogP contribution >= 0.6 is 0 Å². The standard InChI is InChI=1S/C22H30N6O/c1-16(2)15-29-19-10-8-18(9-11-19)17(3)25-22(23-4)24-13-12-21-27-26-20-7-5-6-14-28(20)21/h5-11,14,16-17H,12-13,15H2,1-4H3,(H2,23,24,25). The molecule has 0 aliphatic rings. The van der Waals surface area contributed by atoms with Crippen LogP contribution < -0.4 is 15.4 Å². The van der Waals surface area contributed by atoms with Gasteiger partial charge in [0.05, 0.1) is 12.6 Å². The molecule has 7 nitrogen and oxygen atoms in total. The van der Waals surface area contributed by atoms with Crippen LogP contribution in [0.4, 0.5) is 0 Å². The van der Waals surface area contributed by atoms with E-state index in [2.05, 4.69) is 58.7 Å². The highest BCUT2D eigenvalue weighted by Crippen LogP contribution is 2.18. The van der Waals surface area contributed by atoms with E-state index in [-0.39, 0.29) is 6.04 Å². The number of ether oxygens (including phenoxy) is 1. The van der Waals surface area contributed by atoms with Crippen molar-refractivity contribution < 1.29 is 4.74 Å². The van der Waals surface area contributed by atoms with E-state index in [1.54, 1.807) is 7.05 Å². The molecule has 1 aromatic carbocycles. The van der Waals surface area contributed by atoms with Gasteiger partial charge in [-0.3, -0.25) is 9.39 Å². The quantitative estimate of drug-likeness (QED) is 0.453. The molecule has 1 unspecified atom stereocenters. The highest BCUT2D eigenvalue weighted by molar-refractivity contribution is 5.80. The van der Waals surface area contributed by atoms with Gasteiger partial charge in [-0.15, -0.1) is 10.2 Å². The predicted octanol–water partition coefficient (Wildman–Crippen LogP) is 3.23. The molecule has 0 radical (unpaired) electrons. The van der Waals surface area contributed by atoms with Gasteiger partial charge in [0.2, 0.25) is 0 Å². The van der Waals surface area contributed by atoms with Crippen molar-refractivity contribution >= 4 is 11.6 Å². The molecule has 154 valence electrons. The molecule has 3 rings (SSSR count). The van der Waals surface area contributed by atoms with Crippen LogP contribution in [0.5, 0.6) is 5.75 Å². The number of nitrogens with zero attached hydrogens (tertiary/aromatic N) is 4. The van der Waals surface area contributed by atoms with Gasteiger partial charge in [0.25, 0.3) is 0 Å². The maximum Gasteiger partial charge on any atom is 0.191 e. The Kier molecular flexibility index (Phi) is 7.05. The lowest BCUT2D eigenvalue weighted by atomic mass is 10.1. The van der Waals surface area contributed by atoms with E-state index in [4.69, 9.17) is 4.74 Å². The molecule has 0 amide bonds. The monoisotopic (exact) mass is 394 g/mol. The lowest BCUT2D eigenvalue weighted by molar-refractivity contribution is 0.271. The van der Waals surface area contributed by atoms with E-state index in [0.29, 0.717) is 12.5 Å². The number of nitrogens with one attached hydrogen (secondary N) is 2. The number of aromatic nitrogens is 3. The van der Waals surface area contributed by atoms with Gasteiger partial charge in [0.1, 0.15) is 11.6 Å². The summed E-state index contributed by atoms with van der Waals surface area (Å²) in [6.07, 6.45) is 2.73. The van der Waals surface area contributed by atoms with Crippen molar-refractivity contribution in [3.8, 4) is 5.75 Å². The first-order chi connectivity index (χ1) is 14.1. The van der Waals surface area contributed by atoms with E-state index in [9.17, 15) is 0 Å². The zero-order valence-electron chi connectivity index (χ0n) is 17.6. The van der Waals surface area contributed by atoms with Gasteiger partial charge in [-0.05, 0) is 42.7 Å². The zero-order chi connectivity index (χ0) is 20.6. The Labute approximate surface area is 172 Å². The Bertz CT molecular complexity index is 932. The predicted molar refractivity (Wildman–Crippen MR) is 116 cm³/mol. The van der Waals surface area contributed by atoms with Crippen molar-refractivity contribution in [1.29, 1.82) is 0 Å². The second kappa shape index (κ2) is 9.91. The number of guanidine groups is 1. The average Bonchev–Trinajstić information content (AvgIpc) is 3.15. The van der Waals surface area contributed by atoms with Gasteiger partial charge >= 0.3 is 0 Å². The number of pyridine rings is 1. The Morgan fingerprint density at radius 2 is 1.90 bits per heavy atom. The minimum atomic E-state index is 0.120. The first-order valence-electron chi connectivity index (χ1n) is 10.1. The molecule has 0 fully saturated rings.